The number of piperazine rings is 1. The van der Waals surface area contributed by atoms with Crippen molar-refractivity contribution in [2.75, 3.05) is 26.2 Å². The van der Waals surface area contributed by atoms with Crippen LogP contribution in [0.4, 0.5) is 5.69 Å². The van der Waals surface area contributed by atoms with Crippen LogP contribution in [0.25, 0.3) is 0 Å². The molecule has 1 aromatic carbocycles. The molecule has 0 radical (unpaired) electrons. The molecule has 1 amide bonds. The lowest BCUT2D eigenvalue weighted by molar-refractivity contribution is -0.385. The molecule has 0 bridgehead atoms. The number of carbonyl (C=O) groups excluding carboxylic acids is 1. The van der Waals surface area contributed by atoms with Crippen LogP contribution >= 0.6 is 11.3 Å². The van der Waals surface area contributed by atoms with Crippen LogP contribution in [0.3, 0.4) is 0 Å². The van der Waals surface area contributed by atoms with E-state index in [4.69, 9.17) is 19.8 Å². The molecule has 1 aliphatic heterocycles. The third-order valence-corrected chi connectivity index (χ3v) is 5.01. The van der Waals surface area contributed by atoms with E-state index in [1.807, 2.05) is 28.5 Å². The first kappa shape index (κ1) is 22.0. The predicted molar refractivity (Wildman–Crippen MR) is 104 cm³/mol. The van der Waals surface area contributed by atoms with Crippen LogP contribution in [0.2, 0.25) is 0 Å². The number of nitro benzene ring substituents is 1. The number of carbonyl (C=O) groups is 3. The summed E-state index contributed by atoms with van der Waals surface area (Å²) in [5.74, 6) is -3.57. The monoisotopic (exact) mass is 421 g/mol. The van der Waals surface area contributed by atoms with Crippen molar-refractivity contribution in [1.82, 2.24) is 9.80 Å². The van der Waals surface area contributed by atoms with Gasteiger partial charge in [0.05, 0.1) is 9.80 Å². The second kappa shape index (κ2) is 10.3. The number of aliphatic carboxylic acids is 2. The first-order valence-corrected chi connectivity index (χ1v) is 9.41. The maximum absolute atomic E-state index is 12.3. The van der Waals surface area contributed by atoms with Crippen LogP contribution in [0.1, 0.15) is 15.2 Å². The zero-order valence-corrected chi connectivity index (χ0v) is 16.1. The number of nitro groups is 1. The highest BCUT2D eigenvalue weighted by atomic mass is 32.1. The quantitative estimate of drug-likeness (QED) is 0.432. The van der Waals surface area contributed by atoms with E-state index in [0.29, 0.717) is 19.6 Å². The minimum atomic E-state index is -1.82. The van der Waals surface area contributed by atoms with Crippen molar-refractivity contribution in [2.24, 2.45) is 0 Å². The first-order valence-electron chi connectivity index (χ1n) is 8.53. The molecule has 154 valence electrons. The van der Waals surface area contributed by atoms with E-state index in [0.717, 1.165) is 23.5 Å². The van der Waals surface area contributed by atoms with Gasteiger partial charge < -0.3 is 15.1 Å². The highest BCUT2D eigenvalue weighted by Gasteiger charge is 2.24. The fourth-order valence-electron chi connectivity index (χ4n) is 2.73. The zero-order chi connectivity index (χ0) is 21.4. The van der Waals surface area contributed by atoms with Gasteiger partial charge in [-0.1, -0.05) is 24.3 Å². The normalized spacial score (nSPS) is 13.9. The van der Waals surface area contributed by atoms with Crippen molar-refractivity contribution in [1.29, 1.82) is 0 Å². The Labute approximate surface area is 169 Å². The van der Waals surface area contributed by atoms with Gasteiger partial charge in [-0.05, 0) is 11.4 Å². The van der Waals surface area contributed by atoms with Gasteiger partial charge in [-0.25, -0.2) is 9.59 Å². The van der Waals surface area contributed by atoms with Crippen LogP contribution in [0.5, 0.6) is 0 Å². The van der Waals surface area contributed by atoms with Gasteiger partial charge in [0, 0.05) is 44.4 Å². The molecule has 2 aromatic rings. The van der Waals surface area contributed by atoms with E-state index < -0.39 is 11.9 Å². The third-order valence-electron chi connectivity index (χ3n) is 4.16. The summed E-state index contributed by atoms with van der Waals surface area (Å²) in [6, 6.07) is 10.5. The summed E-state index contributed by atoms with van der Waals surface area (Å²) in [5.41, 5.74) is 0.875. The van der Waals surface area contributed by atoms with Gasteiger partial charge in [-0.3, -0.25) is 19.8 Å². The molecule has 2 heterocycles. The van der Waals surface area contributed by atoms with Gasteiger partial charge in [0.1, 0.15) is 0 Å². The number of hydrogen-bond donors (Lipinski definition) is 2. The average Bonchev–Trinajstić information content (AvgIpc) is 3.23. The Morgan fingerprint density at radius 3 is 2.14 bits per heavy atom. The molecule has 1 saturated heterocycles. The fraction of sp³-hybridized carbons (Fsp3) is 0.278. The van der Waals surface area contributed by atoms with Crippen molar-refractivity contribution in [3.8, 4) is 0 Å². The molecular weight excluding hydrogens is 402 g/mol. The highest BCUT2D eigenvalue weighted by molar-refractivity contribution is 7.12. The SMILES string of the molecule is O=C(O)C(=O)O.O=C(c1cccs1)N1CCN(Cc2ccccc2[N+](=O)[O-])CC1. The number of amides is 1. The molecule has 0 unspecified atom stereocenters. The molecule has 0 saturated carbocycles. The van der Waals surface area contributed by atoms with Gasteiger partial charge in [-0.15, -0.1) is 11.3 Å². The van der Waals surface area contributed by atoms with Gasteiger partial charge >= 0.3 is 11.9 Å². The summed E-state index contributed by atoms with van der Waals surface area (Å²) in [5, 5.41) is 27.8. The largest absolute Gasteiger partial charge is 0.473 e. The van der Waals surface area contributed by atoms with Crippen LogP contribution in [-0.2, 0) is 16.1 Å². The number of benzene rings is 1. The molecule has 11 heteroatoms. The number of carboxylic acids is 2. The summed E-state index contributed by atoms with van der Waals surface area (Å²) >= 11 is 1.45. The summed E-state index contributed by atoms with van der Waals surface area (Å²) < 4.78 is 0. The molecule has 0 aliphatic carbocycles. The van der Waals surface area contributed by atoms with E-state index in [9.17, 15) is 14.9 Å². The standard InChI is InChI=1S/C16H17N3O3S.C2H2O4/c20-16(15-6-3-11-23-15)18-9-7-17(8-10-18)12-13-4-1-2-5-14(13)19(21)22;3-1(4)2(5)6/h1-6,11H,7-10,12H2;(H,3,4)(H,5,6). The Hall–Kier alpha value is -3.31. The minimum Gasteiger partial charge on any atom is -0.473 e. The molecule has 29 heavy (non-hydrogen) atoms. The van der Waals surface area contributed by atoms with Crippen LogP contribution in [-0.4, -0.2) is 69.0 Å². The lowest BCUT2D eigenvalue weighted by atomic mass is 10.1. The topological polar surface area (TPSA) is 141 Å². The van der Waals surface area contributed by atoms with Crippen LogP contribution in [0, 0.1) is 10.1 Å². The van der Waals surface area contributed by atoms with Crippen molar-refractivity contribution < 1.29 is 29.5 Å². The second-order valence-electron chi connectivity index (χ2n) is 6.04. The molecule has 1 aromatic heterocycles. The minimum absolute atomic E-state index is 0.0744. The maximum atomic E-state index is 12.3. The molecule has 3 rings (SSSR count). The summed E-state index contributed by atoms with van der Waals surface area (Å²) in [6.07, 6.45) is 0. The lowest BCUT2D eigenvalue weighted by Gasteiger charge is -2.34. The summed E-state index contributed by atoms with van der Waals surface area (Å²) in [6.45, 7) is 3.29. The number of nitrogens with zero attached hydrogens (tertiary/aromatic N) is 3. The van der Waals surface area contributed by atoms with Crippen LogP contribution < -0.4 is 0 Å². The Balaban J connectivity index is 0.000000438. The Bertz CT molecular complexity index is 865. The number of thiophene rings is 1. The predicted octanol–water partition coefficient (Wildman–Crippen LogP) is 1.77. The number of rotatable bonds is 4. The van der Waals surface area contributed by atoms with Crippen molar-refractivity contribution in [3.05, 3.63) is 62.3 Å². The van der Waals surface area contributed by atoms with Crippen molar-refractivity contribution in [3.63, 3.8) is 0 Å². The van der Waals surface area contributed by atoms with E-state index >= 15 is 0 Å². The van der Waals surface area contributed by atoms with E-state index in [-0.39, 0.29) is 16.5 Å². The first-order chi connectivity index (χ1) is 13.8. The molecule has 1 fully saturated rings. The van der Waals surface area contributed by atoms with Gasteiger partial charge in [0.2, 0.25) is 0 Å². The Morgan fingerprint density at radius 1 is 1.00 bits per heavy atom. The second-order valence-corrected chi connectivity index (χ2v) is 6.99. The summed E-state index contributed by atoms with van der Waals surface area (Å²) in [4.78, 5) is 46.0. The Kier molecular flexibility index (Phi) is 7.80. The molecule has 2 N–H and O–H groups in total. The molecule has 0 atom stereocenters. The number of para-hydroxylation sites is 1. The smallest absolute Gasteiger partial charge is 0.414 e. The van der Waals surface area contributed by atoms with Gasteiger partial charge in [0.15, 0.2) is 0 Å². The van der Waals surface area contributed by atoms with E-state index in [2.05, 4.69) is 4.90 Å². The number of hydrogen-bond acceptors (Lipinski definition) is 7. The summed E-state index contributed by atoms with van der Waals surface area (Å²) in [7, 11) is 0. The van der Waals surface area contributed by atoms with Gasteiger partial charge in [-0.2, -0.15) is 0 Å². The third kappa shape index (κ3) is 6.36. The average molecular weight is 421 g/mol. The van der Waals surface area contributed by atoms with E-state index in [1.165, 1.54) is 17.4 Å². The van der Waals surface area contributed by atoms with E-state index in [1.54, 1.807) is 12.1 Å². The zero-order valence-electron chi connectivity index (χ0n) is 15.3. The molecule has 10 nitrogen and oxygen atoms in total. The van der Waals surface area contributed by atoms with Crippen molar-refractivity contribution in [2.45, 2.75) is 6.54 Å². The highest BCUT2D eigenvalue weighted by Crippen LogP contribution is 2.21. The maximum Gasteiger partial charge on any atom is 0.414 e. The van der Waals surface area contributed by atoms with Crippen molar-refractivity contribution >= 4 is 34.9 Å². The molecular formula is C18H19N3O7S. The lowest BCUT2D eigenvalue weighted by Crippen LogP contribution is -2.48. The molecule has 0 spiro atoms. The molecule has 1 aliphatic rings. The Morgan fingerprint density at radius 2 is 1.62 bits per heavy atom. The number of carboxylic acid groups (broad SMARTS) is 2. The van der Waals surface area contributed by atoms with Crippen LogP contribution in [0.15, 0.2) is 41.8 Å². The fourth-order valence-corrected chi connectivity index (χ4v) is 3.42. The van der Waals surface area contributed by atoms with Gasteiger partial charge in [0.25, 0.3) is 11.6 Å².